The van der Waals surface area contributed by atoms with Crippen LogP contribution in [0.1, 0.15) is 58.4 Å². The van der Waals surface area contributed by atoms with Crippen LogP contribution in [0.3, 0.4) is 0 Å². The zero-order valence-corrected chi connectivity index (χ0v) is 16.0. The van der Waals surface area contributed by atoms with Crippen LogP contribution in [-0.2, 0) is 0 Å². The standard InChI is InChI=1S/C21H34N4/c1-4-23-16(2)14-17(3)25-21(19-12-8-9-13-20(19)22)24-15-18-10-6-5-7-11-18/h8-9,12-14,16,18,23H,4-7,10-11,15,22H2,1-3H3,(H,24,25)/b17-14+. The molecule has 1 unspecified atom stereocenters. The van der Waals surface area contributed by atoms with Gasteiger partial charge in [0.25, 0.3) is 0 Å². The van der Waals surface area contributed by atoms with E-state index in [0.717, 1.165) is 35.9 Å². The van der Waals surface area contributed by atoms with Crippen LogP contribution >= 0.6 is 0 Å². The lowest BCUT2D eigenvalue weighted by Crippen LogP contribution is -2.28. The summed E-state index contributed by atoms with van der Waals surface area (Å²) in [6.45, 7) is 8.20. The van der Waals surface area contributed by atoms with Crippen molar-refractivity contribution < 1.29 is 0 Å². The molecule has 0 heterocycles. The van der Waals surface area contributed by atoms with E-state index < -0.39 is 0 Å². The molecule has 1 saturated carbocycles. The number of para-hydroxylation sites is 1. The molecule has 1 atom stereocenters. The highest BCUT2D eigenvalue weighted by molar-refractivity contribution is 6.03. The smallest absolute Gasteiger partial charge is 0.134 e. The lowest BCUT2D eigenvalue weighted by molar-refractivity contribution is 0.367. The number of nitrogens with zero attached hydrogens (tertiary/aromatic N) is 1. The Labute approximate surface area is 153 Å². The molecule has 1 aliphatic rings. The summed E-state index contributed by atoms with van der Waals surface area (Å²) in [4.78, 5) is 4.94. The van der Waals surface area contributed by atoms with Crippen LogP contribution < -0.4 is 16.4 Å². The number of aliphatic imine (C=N–C) groups is 1. The lowest BCUT2D eigenvalue weighted by Gasteiger charge is -2.21. The first kappa shape index (κ1) is 19.5. The maximum atomic E-state index is 6.20. The summed E-state index contributed by atoms with van der Waals surface area (Å²) in [6.07, 6.45) is 8.85. The lowest BCUT2D eigenvalue weighted by atomic mass is 9.89. The number of benzene rings is 1. The third-order valence-electron chi connectivity index (χ3n) is 4.79. The number of amidine groups is 1. The monoisotopic (exact) mass is 342 g/mol. The number of hydrogen-bond donors (Lipinski definition) is 3. The summed E-state index contributed by atoms with van der Waals surface area (Å²) >= 11 is 0. The molecule has 25 heavy (non-hydrogen) atoms. The fourth-order valence-electron chi connectivity index (χ4n) is 3.48. The van der Waals surface area contributed by atoms with Crippen molar-refractivity contribution in [3.8, 4) is 0 Å². The van der Waals surface area contributed by atoms with E-state index in [0.29, 0.717) is 12.0 Å². The number of anilines is 1. The molecule has 1 fully saturated rings. The van der Waals surface area contributed by atoms with Crippen LogP contribution in [0.4, 0.5) is 5.69 Å². The first-order valence-corrected chi connectivity index (χ1v) is 9.68. The van der Waals surface area contributed by atoms with Gasteiger partial charge in [0.1, 0.15) is 5.84 Å². The molecule has 0 aliphatic heterocycles. The van der Waals surface area contributed by atoms with Crippen molar-refractivity contribution in [1.82, 2.24) is 10.6 Å². The average molecular weight is 343 g/mol. The molecule has 4 N–H and O–H groups in total. The van der Waals surface area contributed by atoms with Crippen LogP contribution in [0.25, 0.3) is 0 Å². The van der Waals surface area contributed by atoms with E-state index in [1.807, 2.05) is 24.3 Å². The highest BCUT2D eigenvalue weighted by Gasteiger charge is 2.14. The van der Waals surface area contributed by atoms with Gasteiger partial charge in [-0.3, -0.25) is 4.99 Å². The van der Waals surface area contributed by atoms with Crippen molar-refractivity contribution in [2.75, 3.05) is 18.8 Å². The Balaban J connectivity index is 2.15. The summed E-state index contributed by atoms with van der Waals surface area (Å²) in [5.41, 5.74) is 9.06. The van der Waals surface area contributed by atoms with Crippen molar-refractivity contribution in [3.05, 3.63) is 41.6 Å². The predicted molar refractivity (Wildman–Crippen MR) is 109 cm³/mol. The van der Waals surface area contributed by atoms with E-state index in [9.17, 15) is 0 Å². The molecule has 0 aromatic heterocycles. The molecule has 0 spiro atoms. The van der Waals surface area contributed by atoms with Crippen molar-refractivity contribution in [2.45, 2.75) is 58.9 Å². The number of nitrogens with two attached hydrogens (primary N) is 1. The molecule has 2 rings (SSSR count). The van der Waals surface area contributed by atoms with Gasteiger partial charge in [-0.05, 0) is 57.4 Å². The molecule has 138 valence electrons. The fourth-order valence-corrected chi connectivity index (χ4v) is 3.48. The minimum Gasteiger partial charge on any atom is -0.398 e. The van der Waals surface area contributed by atoms with Gasteiger partial charge in [-0.25, -0.2) is 0 Å². The van der Waals surface area contributed by atoms with Crippen LogP contribution in [0.2, 0.25) is 0 Å². The van der Waals surface area contributed by atoms with Gasteiger partial charge in [0.15, 0.2) is 0 Å². The third-order valence-corrected chi connectivity index (χ3v) is 4.79. The Morgan fingerprint density at radius 1 is 1.28 bits per heavy atom. The third kappa shape index (κ3) is 6.54. The zero-order chi connectivity index (χ0) is 18.1. The second kappa shape index (κ2) is 10.2. The molecule has 1 aromatic rings. The summed E-state index contributed by atoms with van der Waals surface area (Å²) < 4.78 is 0. The quantitative estimate of drug-likeness (QED) is 0.397. The molecular formula is C21H34N4. The number of allylic oxidation sites excluding steroid dienone is 1. The predicted octanol–water partition coefficient (Wildman–Crippen LogP) is 4.09. The first-order valence-electron chi connectivity index (χ1n) is 9.68. The maximum Gasteiger partial charge on any atom is 0.134 e. The molecule has 1 aromatic carbocycles. The van der Waals surface area contributed by atoms with Gasteiger partial charge < -0.3 is 16.4 Å². The number of rotatable bonds is 7. The van der Waals surface area contributed by atoms with E-state index >= 15 is 0 Å². The minimum absolute atomic E-state index is 0.324. The van der Waals surface area contributed by atoms with Crippen molar-refractivity contribution in [2.24, 2.45) is 10.9 Å². The Kier molecular flexibility index (Phi) is 7.99. The van der Waals surface area contributed by atoms with E-state index in [2.05, 4.69) is 37.5 Å². The normalized spacial score (nSPS) is 18.2. The maximum absolute atomic E-state index is 6.20. The summed E-state index contributed by atoms with van der Waals surface area (Å²) in [7, 11) is 0. The van der Waals surface area contributed by atoms with E-state index in [-0.39, 0.29) is 0 Å². The van der Waals surface area contributed by atoms with Crippen LogP contribution in [-0.4, -0.2) is 25.0 Å². The topological polar surface area (TPSA) is 62.4 Å². The molecule has 0 bridgehead atoms. The van der Waals surface area contributed by atoms with Crippen molar-refractivity contribution >= 4 is 11.5 Å². The van der Waals surface area contributed by atoms with Gasteiger partial charge in [0.05, 0.1) is 0 Å². The Hall–Kier alpha value is -1.81. The van der Waals surface area contributed by atoms with Crippen molar-refractivity contribution in [1.29, 1.82) is 0 Å². The zero-order valence-electron chi connectivity index (χ0n) is 16.0. The second-order valence-corrected chi connectivity index (χ2v) is 7.10. The molecule has 4 heteroatoms. The Morgan fingerprint density at radius 3 is 2.68 bits per heavy atom. The number of nitrogens with one attached hydrogen (secondary N) is 2. The summed E-state index contributed by atoms with van der Waals surface area (Å²) in [6, 6.07) is 8.29. The van der Waals surface area contributed by atoms with Crippen LogP contribution in [0.5, 0.6) is 0 Å². The molecular weight excluding hydrogens is 308 g/mol. The van der Waals surface area contributed by atoms with Crippen LogP contribution in [0, 0.1) is 5.92 Å². The molecule has 4 nitrogen and oxygen atoms in total. The van der Waals surface area contributed by atoms with Gasteiger partial charge in [-0.15, -0.1) is 0 Å². The van der Waals surface area contributed by atoms with E-state index in [1.54, 1.807) is 0 Å². The minimum atomic E-state index is 0.324. The number of hydrogen-bond acceptors (Lipinski definition) is 3. The van der Waals surface area contributed by atoms with Gasteiger partial charge >= 0.3 is 0 Å². The first-order chi connectivity index (χ1) is 12.1. The van der Waals surface area contributed by atoms with E-state index in [1.165, 1.54) is 32.1 Å². The highest BCUT2D eigenvalue weighted by atomic mass is 15.0. The second-order valence-electron chi connectivity index (χ2n) is 7.10. The summed E-state index contributed by atoms with van der Waals surface area (Å²) in [5.74, 6) is 1.60. The Bertz CT molecular complexity index is 585. The van der Waals surface area contributed by atoms with Crippen LogP contribution in [0.15, 0.2) is 41.0 Å². The highest BCUT2D eigenvalue weighted by Crippen LogP contribution is 2.24. The van der Waals surface area contributed by atoms with Crippen molar-refractivity contribution in [3.63, 3.8) is 0 Å². The molecule has 0 radical (unpaired) electrons. The molecule has 1 aliphatic carbocycles. The SMILES string of the molecule is CCNC(C)/C=C(\C)NC(=NCC1CCCCC1)c1ccccc1N. The van der Waals surface area contributed by atoms with E-state index in [4.69, 9.17) is 10.7 Å². The van der Waals surface area contributed by atoms with Gasteiger partial charge in [-0.2, -0.15) is 0 Å². The summed E-state index contributed by atoms with van der Waals surface area (Å²) in [5, 5.41) is 6.90. The largest absolute Gasteiger partial charge is 0.398 e. The van der Waals surface area contributed by atoms with Gasteiger partial charge in [-0.1, -0.05) is 38.3 Å². The number of likely N-dealkylation sites (N-methyl/N-ethyl adjacent to an activating group) is 1. The molecule has 0 amide bonds. The fraction of sp³-hybridized carbons (Fsp3) is 0.571. The van der Waals surface area contributed by atoms with Gasteiger partial charge in [0, 0.05) is 29.5 Å². The molecule has 0 saturated heterocycles. The number of nitrogen functional groups attached to an aromatic ring is 1. The average Bonchev–Trinajstić information content (AvgIpc) is 2.60. The Morgan fingerprint density at radius 2 is 2.00 bits per heavy atom. The van der Waals surface area contributed by atoms with Gasteiger partial charge in [0.2, 0.25) is 0 Å².